The Morgan fingerprint density at radius 3 is 2.67 bits per heavy atom. The summed E-state index contributed by atoms with van der Waals surface area (Å²) in [5.74, 6) is -0.961. The lowest BCUT2D eigenvalue weighted by atomic mass is 10.2. The molecular weight excluding hydrogens is 139 g/mol. The molecule has 1 atom stereocenters. The summed E-state index contributed by atoms with van der Waals surface area (Å²) in [5.41, 5.74) is 0.178. The van der Waals surface area contributed by atoms with Crippen LogP contribution in [-0.2, 0) is 9.32 Å². The zero-order valence-electron chi connectivity index (χ0n) is 4.96. The van der Waals surface area contributed by atoms with E-state index in [1.54, 1.807) is 0 Å². The molecule has 4 heteroatoms. The second-order valence-corrected chi connectivity index (χ2v) is 1.86. The highest BCUT2D eigenvalue weighted by molar-refractivity contribution is 7.09. The maximum atomic E-state index is 10.0. The smallest absolute Gasteiger partial charge is 0.331 e. The molecule has 0 amide bonds. The van der Waals surface area contributed by atoms with Gasteiger partial charge < -0.3 is 9.63 Å². The summed E-state index contributed by atoms with van der Waals surface area (Å²) >= 11 is 0. The fourth-order valence-electron chi connectivity index (χ4n) is 0.289. The van der Waals surface area contributed by atoms with E-state index >= 15 is 0 Å². The Bertz CT molecular complexity index is 121. The van der Waals surface area contributed by atoms with Crippen molar-refractivity contribution in [3.63, 3.8) is 0 Å². The van der Waals surface area contributed by atoms with E-state index in [9.17, 15) is 4.79 Å². The predicted octanol–water partition coefficient (Wildman–Crippen LogP) is 0.824. The molecule has 0 radical (unpaired) electrons. The molecule has 1 unspecified atom stereocenters. The van der Waals surface area contributed by atoms with Crippen LogP contribution in [0.25, 0.3) is 0 Å². The van der Waals surface area contributed by atoms with Gasteiger partial charge in [0, 0.05) is 21.5 Å². The summed E-state index contributed by atoms with van der Waals surface area (Å²) in [4.78, 5) is 10.0. The molecule has 0 aliphatic carbocycles. The molecule has 0 saturated carbocycles. The molecule has 0 aliphatic rings. The molecule has 0 aliphatic heterocycles. The topological polar surface area (TPSA) is 46.5 Å². The number of carboxylic acid groups (broad SMARTS) is 1. The Kier molecular flexibility index (Phi) is 4.28. The van der Waals surface area contributed by atoms with Crippen molar-refractivity contribution < 1.29 is 14.4 Å². The minimum absolute atomic E-state index is 0.178. The summed E-state index contributed by atoms with van der Waals surface area (Å²) < 4.78 is 4.56. The minimum Gasteiger partial charge on any atom is -0.478 e. The van der Waals surface area contributed by atoms with Gasteiger partial charge in [0.05, 0.1) is 6.61 Å². The first-order valence-corrected chi connectivity index (χ1v) is 2.88. The van der Waals surface area contributed by atoms with Crippen LogP contribution < -0.4 is 0 Å². The van der Waals surface area contributed by atoms with Crippen molar-refractivity contribution >= 4 is 15.4 Å². The van der Waals surface area contributed by atoms with Crippen LogP contribution in [-0.4, -0.2) is 17.7 Å². The number of carbonyl (C=O) groups is 1. The first-order chi connectivity index (χ1) is 4.18. The van der Waals surface area contributed by atoms with Crippen molar-refractivity contribution in [2.24, 2.45) is 0 Å². The van der Waals surface area contributed by atoms with E-state index in [2.05, 4.69) is 11.1 Å². The standard InChI is InChI=1S/C5H9O3P/c1-4(5(6)7)2-3-8-9/h1-3,9H2,(H,6,7). The van der Waals surface area contributed by atoms with Gasteiger partial charge in [-0.15, -0.1) is 0 Å². The van der Waals surface area contributed by atoms with Gasteiger partial charge in [0.2, 0.25) is 0 Å². The monoisotopic (exact) mass is 148 g/mol. The zero-order valence-corrected chi connectivity index (χ0v) is 6.12. The maximum absolute atomic E-state index is 10.0. The molecule has 0 aromatic rings. The number of aliphatic carboxylic acids is 1. The molecular formula is C5H9O3P. The zero-order chi connectivity index (χ0) is 7.28. The molecule has 0 fully saturated rings. The first kappa shape index (κ1) is 8.60. The Labute approximate surface area is 56.0 Å². The van der Waals surface area contributed by atoms with Crippen molar-refractivity contribution in [3.05, 3.63) is 12.2 Å². The summed E-state index contributed by atoms with van der Waals surface area (Å²) in [6.45, 7) is 3.69. The lowest BCUT2D eigenvalue weighted by Crippen LogP contribution is -2.00. The summed E-state index contributed by atoms with van der Waals surface area (Å²) in [6, 6.07) is 0. The molecule has 0 aromatic heterocycles. The summed E-state index contributed by atoms with van der Waals surface area (Å²) in [7, 11) is 2.04. The van der Waals surface area contributed by atoms with Gasteiger partial charge in [0.15, 0.2) is 0 Å². The molecule has 1 N–H and O–H groups in total. The van der Waals surface area contributed by atoms with Gasteiger partial charge in [0.1, 0.15) is 0 Å². The molecule has 0 aromatic carbocycles. The van der Waals surface area contributed by atoms with E-state index < -0.39 is 5.97 Å². The lowest BCUT2D eigenvalue weighted by Gasteiger charge is -1.96. The van der Waals surface area contributed by atoms with Crippen molar-refractivity contribution in [1.29, 1.82) is 0 Å². The fourth-order valence-corrected chi connectivity index (χ4v) is 0.407. The normalized spacial score (nSPS) is 9.00. The summed E-state index contributed by atoms with van der Waals surface area (Å²) in [5, 5.41) is 8.25. The predicted molar refractivity (Wildman–Crippen MR) is 37.1 cm³/mol. The van der Waals surface area contributed by atoms with E-state index in [0.29, 0.717) is 13.0 Å². The van der Waals surface area contributed by atoms with E-state index in [4.69, 9.17) is 5.11 Å². The van der Waals surface area contributed by atoms with Crippen molar-refractivity contribution in [1.82, 2.24) is 0 Å². The third-order valence-electron chi connectivity index (χ3n) is 0.824. The second kappa shape index (κ2) is 4.48. The Morgan fingerprint density at radius 1 is 1.78 bits per heavy atom. The Balaban J connectivity index is 3.39. The Hall–Kier alpha value is -0.400. The quantitative estimate of drug-likeness (QED) is 0.474. The van der Waals surface area contributed by atoms with Gasteiger partial charge in [-0.3, -0.25) is 0 Å². The van der Waals surface area contributed by atoms with Gasteiger partial charge >= 0.3 is 5.97 Å². The van der Waals surface area contributed by atoms with Crippen molar-refractivity contribution in [2.75, 3.05) is 6.61 Å². The molecule has 0 heterocycles. The molecule has 9 heavy (non-hydrogen) atoms. The van der Waals surface area contributed by atoms with Gasteiger partial charge in [-0.2, -0.15) is 0 Å². The van der Waals surface area contributed by atoms with Crippen LogP contribution in [0.5, 0.6) is 0 Å². The highest BCUT2D eigenvalue weighted by Gasteiger charge is 2.01. The van der Waals surface area contributed by atoms with Crippen LogP contribution in [0.1, 0.15) is 6.42 Å². The van der Waals surface area contributed by atoms with E-state index in [1.807, 2.05) is 9.47 Å². The highest BCUT2D eigenvalue weighted by Crippen LogP contribution is 1.99. The van der Waals surface area contributed by atoms with Crippen LogP contribution in [0.15, 0.2) is 12.2 Å². The van der Waals surface area contributed by atoms with Crippen LogP contribution in [0.2, 0.25) is 0 Å². The van der Waals surface area contributed by atoms with Gasteiger partial charge in [-0.1, -0.05) is 6.58 Å². The van der Waals surface area contributed by atoms with Crippen LogP contribution in [0.3, 0.4) is 0 Å². The molecule has 0 bridgehead atoms. The lowest BCUT2D eigenvalue weighted by molar-refractivity contribution is -0.132. The molecule has 52 valence electrons. The maximum Gasteiger partial charge on any atom is 0.331 e. The van der Waals surface area contributed by atoms with Crippen LogP contribution >= 0.6 is 9.47 Å². The van der Waals surface area contributed by atoms with Crippen LogP contribution in [0, 0.1) is 0 Å². The molecule has 0 spiro atoms. The molecule has 0 rings (SSSR count). The number of hydrogen-bond donors (Lipinski definition) is 1. The molecule has 3 nitrogen and oxygen atoms in total. The average molecular weight is 148 g/mol. The molecule has 0 saturated heterocycles. The SMILES string of the molecule is C=C(CCOP)C(=O)O. The van der Waals surface area contributed by atoms with Crippen molar-refractivity contribution in [3.8, 4) is 0 Å². The average Bonchev–Trinajstić information content (AvgIpc) is 1.82. The third-order valence-corrected chi connectivity index (χ3v) is 1.06. The number of hydrogen-bond acceptors (Lipinski definition) is 2. The van der Waals surface area contributed by atoms with E-state index in [0.717, 1.165) is 0 Å². The second-order valence-electron chi connectivity index (χ2n) is 1.53. The fraction of sp³-hybridized carbons (Fsp3) is 0.400. The first-order valence-electron chi connectivity index (χ1n) is 2.41. The van der Waals surface area contributed by atoms with E-state index in [1.165, 1.54) is 0 Å². The highest BCUT2D eigenvalue weighted by atomic mass is 31.0. The van der Waals surface area contributed by atoms with Crippen molar-refractivity contribution in [2.45, 2.75) is 6.42 Å². The number of carboxylic acids is 1. The summed E-state index contributed by atoms with van der Waals surface area (Å²) in [6.07, 6.45) is 0.374. The Morgan fingerprint density at radius 2 is 2.33 bits per heavy atom. The third kappa shape index (κ3) is 4.13. The number of rotatable bonds is 4. The minimum atomic E-state index is -0.961. The van der Waals surface area contributed by atoms with Gasteiger partial charge in [-0.05, 0) is 0 Å². The van der Waals surface area contributed by atoms with Gasteiger partial charge in [0.25, 0.3) is 0 Å². The largest absolute Gasteiger partial charge is 0.478 e. The van der Waals surface area contributed by atoms with Crippen LogP contribution in [0.4, 0.5) is 0 Å². The van der Waals surface area contributed by atoms with E-state index in [-0.39, 0.29) is 5.57 Å². The van der Waals surface area contributed by atoms with Gasteiger partial charge in [-0.25, -0.2) is 4.79 Å².